The largest absolute Gasteiger partial charge is 0.495 e. The summed E-state index contributed by atoms with van der Waals surface area (Å²) in [4.78, 5) is 28.1. The number of nitrogens with zero attached hydrogens (tertiary/aromatic N) is 1. The molecular formula is C20H28N4O6S2. The summed E-state index contributed by atoms with van der Waals surface area (Å²) >= 11 is 1.26. The molecule has 0 fully saturated rings. The van der Waals surface area contributed by atoms with Crippen molar-refractivity contribution in [2.24, 2.45) is 5.92 Å². The van der Waals surface area contributed by atoms with Crippen LogP contribution >= 0.6 is 11.3 Å². The maximum atomic E-state index is 12.9. The van der Waals surface area contributed by atoms with E-state index in [1.165, 1.54) is 30.0 Å². The quantitative estimate of drug-likeness (QED) is 0.218. The molecule has 0 spiro atoms. The highest BCUT2D eigenvalue weighted by molar-refractivity contribution is 7.89. The van der Waals surface area contributed by atoms with Crippen molar-refractivity contribution in [3.63, 3.8) is 0 Å². The van der Waals surface area contributed by atoms with Crippen LogP contribution in [0.3, 0.4) is 0 Å². The third kappa shape index (κ3) is 6.73. The second-order valence-corrected chi connectivity index (χ2v) is 10.1. The number of anilines is 1. The van der Waals surface area contributed by atoms with Gasteiger partial charge in [-0.25, -0.2) is 23.6 Å². The molecule has 1 heterocycles. The van der Waals surface area contributed by atoms with Crippen LogP contribution in [0.25, 0.3) is 10.4 Å². The normalized spacial score (nSPS) is 11.4. The Kier molecular flexibility index (Phi) is 9.13. The molecule has 1 aromatic carbocycles. The number of methoxy groups -OCH3 is 1. The summed E-state index contributed by atoms with van der Waals surface area (Å²) < 4.78 is 33.5. The number of nitrogens with one attached hydrogen (secondary N) is 3. The molecule has 1 aromatic heterocycles. The van der Waals surface area contributed by atoms with Crippen LogP contribution in [-0.4, -0.2) is 44.1 Å². The Balaban J connectivity index is 2.22. The highest BCUT2D eigenvalue weighted by Crippen LogP contribution is 2.36. The lowest BCUT2D eigenvalue weighted by Gasteiger charge is -2.12. The van der Waals surface area contributed by atoms with E-state index in [1.54, 1.807) is 32.9 Å². The Morgan fingerprint density at radius 2 is 1.97 bits per heavy atom. The zero-order valence-corrected chi connectivity index (χ0v) is 20.0. The molecule has 0 aliphatic carbocycles. The fraction of sp³-hybridized carbons (Fsp3) is 0.450. The Morgan fingerprint density at radius 1 is 1.25 bits per heavy atom. The standard InChI is InChI=1S/C20H28N4O6S2/c1-12(2)19(26)23-20-22-13(3)18(31-20)14-8-9-15(30-4)16(11-14)32(28,29)21-10-6-5-7-17(25)24-27/h8-9,11-12,21,27H,5-7,10H2,1-4H3,(H,24,25)(H,22,23,26). The second-order valence-electron chi connectivity index (χ2n) is 7.33. The second kappa shape index (κ2) is 11.4. The zero-order chi connectivity index (χ0) is 23.9. The van der Waals surface area contributed by atoms with Gasteiger partial charge in [0.25, 0.3) is 0 Å². The van der Waals surface area contributed by atoms with Crippen LogP contribution in [0.2, 0.25) is 0 Å². The van der Waals surface area contributed by atoms with Crippen LogP contribution in [0.4, 0.5) is 5.13 Å². The number of hydrogen-bond donors (Lipinski definition) is 4. The van der Waals surface area contributed by atoms with Crippen LogP contribution in [0.15, 0.2) is 23.1 Å². The molecule has 12 heteroatoms. The number of hydrogen-bond acceptors (Lipinski definition) is 8. The predicted molar refractivity (Wildman–Crippen MR) is 121 cm³/mol. The van der Waals surface area contributed by atoms with E-state index in [-0.39, 0.29) is 35.4 Å². The third-order valence-electron chi connectivity index (χ3n) is 4.51. The lowest BCUT2D eigenvalue weighted by molar-refractivity contribution is -0.129. The van der Waals surface area contributed by atoms with Gasteiger partial charge in [0.2, 0.25) is 21.8 Å². The van der Waals surface area contributed by atoms with Gasteiger partial charge >= 0.3 is 0 Å². The number of sulfonamides is 1. The van der Waals surface area contributed by atoms with Crippen molar-refractivity contribution < 1.29 is 28.0 Å². The molecule has 32 heavy (non-hydrogen) atoms. The lowest BCUT2D eigenvalue weighted by atomic mass is 10.1. The number of carbonyl (C=O) groups is 2. The summed E-state index contributed by atoms with van der Waals surface area (Å²) in [5, 5.41) is 11.7. The molecular weight excluding hydrogens is 456 g/mol. The first-order chi connectivity index (χ1) is 15.1. The van der Waals surface area contributed by atoms with E-state index in [0.717, 1.165) is 4.88 Å². The minimum Gasteiger partial charge on any atom is -0.495 e. The van der Waals surface area contributed by atoms with Crippen LogP contribution in [0.5, 0.6) is 5.75 Å². The number of aryl methyl sites for hydroxylation is 1. The monoisotopic (exact) mass is 484 g/mol. The topological polar surface area (TPSA) is 147 Å². The van der Waals surface area contributed by atoms with Gasteiger partial charge in [0.05, 0.1) is 17.7 Å². The average molecular weight is 485 g/mol. The number of aromatic nitrogens is 1. The minimum absolute atomic E-state index is 0.0221. The number of benzene rings is 1. The van der Waals surface area contributed by atoms with Gasteiger partial charge in [-0.3, -0.25) is 14.8 Å². The van der Waals surface area contributed by atoms with Crippen LogP contribution in [0.1, 0.15) is 38.8 Å². The lowest BCUT2D eigenvalue weighted by Crippen LogP contribution is -2.26. The van der Waals surface area contributed by atoms with Gasteiger partial charge < -0.3 is 10.1 Å². The molecule has 0 saturated carbocycles. The summed E-state index contributed by atoms with van der Waals surface area (Å²) in [5.41, 5.74) is 2.83. The van der Waals surface area contributed by atoms with Crippen molar-refractivity contribution in [3.05, 3.63) is 23.9 Å². The summed E-state index contributed by atoms with van der Waals surface area (Å²) in [6, 6.07) is 4.82. The van der Waals surface area contributed by atoms with Crippen LogP contribution < -0.4 is 20.3 Å². The summed E-state index contributed by atoms with van der Waals surface area (Å²) in [6.45, 7) is 5.48. The summed E-state index contributed by atoms with van der Waals surface area (Å²) in [6.07, 6.45) is 0.926. The first-order valence-electron chi connectivity index (χ1n) is 9.98. The van der Waals surface area contributed by atoms with Crippen molar-refractivity contribution in [1.29, 1.82) is 0 Å². The fourth-order valence-electron chi connectivity index (χ4n) is 2.75. The first-order valence-corrected chi connectivity index (χ1v) is 12.3. The number of thiazole rings is 1. The van der Waals surface area contributed by atoms with Crippen molar-refractivity contribution in [1.82, 2.24) is 15.2 Å². The number of carbonyl (C=O) groups excluding carboxylic acids is 2. The van der Waals surface area contributed by atoms with E-state index in [9.17, 15) is 18.0 Å². The first kappa shape index (κ1) is 25.7. The molecule has 0 bridgehead atoms. The summed E-state index contributed by atoms with van der Waals surface area (Å²) in [7, 11) is -2.50. The predicted octanol–water partition coefficient (Wildman–Crippen LogP) is 2.68. The van der Waals surface area contributed by atoms with Gasteiger partial charge in [0.1, 0.15) is 10.6 Å². The average Bonchev–Trinajstić information content (AvgIpc) is 3.12. The molecule has 0 radical (unpaired) electrons. The van der Waals surface area contributed by atoms with Gasteiger partial charge in [0, 0.05) is 18.9 Å². The molecule has 4 N–H and O–H groups in total. The molecule has 0 atom stereocenters. The molecule has 0 aliphatic rings. The van der Waals surface area contributed by atoms with Crippen molar-refractivity contribution in [2.45, 2.75) is 44.9 Å². The Bertz CT molecular complexity index is 1070. The van der Waals surface area contributed by atoms with E-state index in [4.69, 9.17) is 9.94 Å². The molecule has 2 rings (SSSR count). The van der Waals surface area contributed by atoms with Gasteiger partial charge in [-0.1, -0.05) is 25.2 Å². The Hall–Kier alpha value is -2.54. The summed E-state index contributed by atoms with van der Waals surface area (Å²) in [5.74, 6) is -0.670. The molecule has 176 valence electrons. The SMILES string of the molecule is COc1ccc(-c2sc(NC(=O)C(C)C)nc2C)cc1S(=O)(=O)NCCCCC(=O)NO. The van der Waals surface area contributed by atoms with Crippen molar-refractivity contribution in [3.8, 4) is 16.2 Å². The van der Waals surface area contributed by atoms with Gasteiger partial charge in [0.15, 0.2) is 5.13 Å². The van der Waals surface area contributed by atoms with Gasteiger partial charge in [-0.2, -0.15) is 0 Å². The van der Waals surface area contributed by atoms with Gasteiger partial charge in [-0.05, 0) is 43.5 Å². The van der Waals surface area contributed by atoms with E-state index in [2.05, 4.69) is 15.0 Å². The van der Waals surface area contributed by atoms with Gasteiger partial charge in [-0.15, -0.1) is 0 Å². The molecule has 10 nitrogen and oxygen atoms in total. The number of hydroxylamine groups is 1. The van der Waals surface area contributed by atoms with Crippen molar-refractivity contribution in [2.75, 3.05) is 19.0 Å². The zero-order valence-electron chi connectivity index (χ0n) is 18.4. The maximum absolute atomic E-state index is 12.9. The Labute approximate surface area is 191 Å². The Morgan fingerprint density at radius 3 is 2.59 bits per heavy atom. The maximum Gasteiger partial charge on any atom is 0.244 e. The van der Waals surface area contributed by atoms with E-state index in [0.29, 0.717) is 29.2 Å². The number of unbranched alkanes of at least 4 members (excludes halogenated alkanes) is 1. The number of amides is 2. The number of ether oxygens (including phenoxy) is 1. The minimum atomic E-state index is -3.89. The smallest absolute Gasteiger partial charge is 0.244 e. The van der Waals surface area contributed by atoms with E-state index in [1.807, 2.05) is 0 Å². The van der Waals surface area contributed by atoms with E-state index < -0.39 is 15.9 Å². The molecule has 0 saturated heterocycles. The highest BCUT2D eigenvalue weighted by atomic mass is 32.2. The van der Waals surface area contributed by atoms with Crippen LogP contribution in [0, 0.1) is 12.8 Å². The third-order valence-corrected chi connectivity index (χ3v) is 7.12. The van der Waals surface area contributed by atoms with Crippen LogP contribution in [-0.2, 0) is 19.6 Å². The molecule has 2 amide bonds. The fourth-order valence-corrected chi connectivity index (χ4v) is 4.98. The molecule has 0 unspecified atom stereocenters. The number of rotatable bonds is 11. The molecule has 0 aliphatic heterocycles. The van der Waals surface area contributed by atoms with E-state index >= 15 is 0 Å². The highest BCUT2D eigenvalue weighted by Gasteiger charge is 2.22. The molecule has 2 aromatic rings. The van der Waals surface area contributed by atoms with Crippen molar-refractivity contribution >= 4 is 38.3 Å².